The van der Waals surface area contributed by atoms with E-state index in [1.54, 1.807) is 0 Å². The molecule has 2 nitrogen and oxygen atoms in total. The van der Waals surface area contributed by atoms with E-state index >= 15 is 0 Å². The van der Waals surface area contributed by atoms with Gasteiger partial charge in [-0.1, -0.05) is 20.4 Å². The molecule has 0 radical (unpaired) electrons. The molecule has 3 atom stereocenters. The monoisotopic (exact) mass is 211 g/mol. The number of nitrogens with one attached hydrogen (secondary N) is 1. The van der Waals surface area contributed by atoms with Gasteiger partial charge in [-0.15, -0.1) is 0 Å². The fraction of sp³-hybridized carbons (Fsp3) is 0.846. The van der Waals surface area contributed by atoms with E-state index in [-0.39, 0.29) is 0 Å². The first-order chi connectivity index (χ1) is 7.24. The molecule has 1 aliphatic carbocycles. The Balaban J connectivity index is 2.07. The molecule has 0 aromatic heterocycles. The van der Waals surface area contributed by atoms with E-state index in [1.165, 1.54) is 25.5 Å². The van der Waals surface area contributed by atoms with E-state index in [9.17, 15) is 0 Å². The standard InChI is InChI=1S/C13H25NO/c1-4-15-9-5-8-14-13-7-6-11(2)10-12(13)3/h4,11-14H,1,5-10H2,2-3H3. The summed E-state index contributed by atoms with van der Waals surface area (Å²) in [7, 11) is 0. The first-order valence-electron chi connectivity index (χ1n) is 6.20. The number of hydrogen-bond acceptors (Lipinski definition) is 2. The van der Waals surface area contributed by atoms with Gasteiger partial charge in [-0.3, -0.25) is 0 Å². The largest absolute Gasteiger partial charge is 0.502 e. The average molecular weight is 211 g/mol. The number of hydrogen-bond donors (Lipinski definition) is 1. The predicted molar refractivity (Wildman–Crippen MR) is 64.7 cm³/mol. The molecule has 1 rings (SSSR count). The molecule has 0 aliphatic heterocycles. The highest BCUT2D eigenvalue weighted by molar-refractivity contribution is 4.80. The second-order valence-corrected chi connectivity index (χ2v) is 4.85. The molecule has 0 amide bonds. The highest BCUT2D eigenvalue weighted by atomic mass is 16.5. The molecule has 1 fully saturated rings. The van der Waals surface area contributed by atoms with Crippen molar-refractivity contribution in [2.24, 2.45) is 11.8 Å². The van der Waals surface area contributed by atoms with Crippen LogP contribution < -0.4 is 5.32 Å². The van der Waals surface area contributed by atoms with Crippen LogP contribution in [0.25, 0.3) is 0 Å². The SMILES string of the molecule is C=COCCCNC1CCC(C)CC1C. The quantitative estimate of drug-likeness (QED) is 0.539. The first-order valence-corrected chi connectivity index (χ1v) is 6.20. The third-order valence-corrected chi connectivity index (χ3v) is 3.39. The molecule has 3 unspecified atom stereocenters. The van der Waals surface area contributed by atoms with Gasteiger partial charge in [0.2, 0.25) is 0 Å². The number of rotatable bonds is 6. The molecule has 1 N–H and O–H groups in total. The molecule has 15 heavy (non-hydrogen) atoms. The summed E-state index contributed by atoms with van der Waals surface area (Å²) in [5.74, 6) is 1.75. The van der Waals surface area contributed by atoms with Crippen LogP contribution in [0.1, 0.15) is 39.5 Å². The first kappa shape index (κ1) is 12.6. The summed E-state index contributed by atoms with van der Waals surface area (Å²) in [6.45, 7) is 10.1. The number of ether oxygens (including phenoxy) is 1. The van der Waals surface area contributed by atoms with Crippen molar-refractivity contribution in [2.75, 3.05) is 13.2 Å². The molecule has 1 saturated carbocycles. The maximum atomic E-state index is 5.09. The maximum Gasteiger partial charge on any atom is 0.0885 e. The minimum absolute atomic E-state index is 0.727. The van der Waals surface area contributed by atoms with Gasteiger partial charge >= 0.3 is 0 Å². The Kier molecular flexibility index (Phi) is 5.77. The van der Waals surface area contributed by atoms with E-state index in [1.807, 2.05) is 0 Å². The Morgan fingerprint density at radius 3 is 2.87 bits per heavy atom. The third-order valence-electron chi connectivity index (χ3n) is 3.39. The van der Waals surface area contributed by atoms with Crippen LogP contribution in [0.2, 0.25) is 0 Å². The van der Waals surface area contributed by atoms with E-state index in [0.29, 0.717) is 0 Å². The molecule has 0 bridgehead atoms. The van der Waals surface area contributed by atoms with Crippen molar-refractivity contribution in [1.29, 1.82) is 0 Å². The van der Waals surface area contributed by atoms with E-state index in [4.69, 9.17) is 4.74 Å². The summed E-state index contributed by atoms with van der Waals surface area (Å²) < 4.78 is 5.09. The van der Waals surface area contributed by atoms with Crippen molar-refractivity contribution in [3.05, 3.63) is 12.8 Å². The summed E-state index contributed by atoms with van der Waals surface area (Å²) in [5.41, 5.74) is 0. The van der Waals surface area contributed by atoms with E-state index in [0.717, 1.165) is 37.5 Å². The summed E-state index contributed by atoms with van der Waals surface area (Å²) in [6, 6.07) is 0.727. The molecule has 88 valence electrons. The summed E-state index contributed by atoms with van der Waals surface area (Å²) in [4.78, 5) is 0. The fourth-order valence-electron chi connectivity index (χ4n) is 2.49. The van der Waals surface area contributed by atoms with Gasteiger partial charge in [-0.25, -0.2) is 0 Å². The van der Waals surface area contributed by atoms with E-state index in [2.05, 4.69) is 25.7 Å². The molecule has 0 aromatic carbocycles. The third kappa shape index (κ3) is 4.70. The topological polar surface area (TPSA) is 21.3 Å². The lowest BCUT2D eigenvalue weighted by Gasteiger charge is -2.33. The van der Waals surface area contributed by atoms with E-state index < -0.39 is 0 Å². The van der Waals surface area contributed by atoms with Gasteiger partial charge in [0.1, 0.15) is 0 Å². The molecular formula is C13H25NO. The van der Waals surface area contributed by atoms with Crippen LogP contribution in [0.3, 0.4) is 0 Å². The van der Waals surface area contributed by atoms with Crippen LogP contribution in [0, 0.1) is 11.8 Å². The van der Waals surface area contributed by atoms with Gasteiger partial charge in [0, 0.05) is 6.04 Å². The Labute approximate surface area is 94.1 Å². The van der Waals surface area contributed by atoms with Crippen LogP contribution in [0.5, 0.6) is 0 Å². The van der Waals surface area contributed by atoms with Crippen LogP contribution in [-0.4, -0.2) is 19.2 Å². The van der Waals surface area contributed by atoms with Crippen LogP contribution in [0.4, 0.5) is 0 Å². The van der Waals surface area contributed by atoms with Gasteiger partial charge in [0.05, 0.1) is 12.9 Å². The Morgan fingerprint density at radius 2 is 2.20 bits per heavy atom. The van der Waals surface area contributed by atoms with Gasteiger partial charge < -0.3 is 10.1 Å². The summed E-state index contributed by atoms with van der Waals surface area (Å²) in [5, 5.41) is 3.64. The smallest absolute Gasteiger partial charge is 0.0885 e. The maximum absolute atomic E-state index is 5.09. The zero-order valence-electron chi connectivity index (χ0n) is 10.2. The minimum atomic E-state index is 0.727. The summed E-state index contributed by atoms with van der Waals surface area (Å²) >= 11 is 0. The molecule has 0 spiro atoms. The second kappa shape index (κ2) is 6.89. The highest BCUT2D eigenvalue weighted by Crippen LogP contribution is 2.28. The highest BCUT2D eigenvalue weighted by Gasteiger charge is 2.24. The fourth-order valence-corrected chi connectivity index (χ4v) is 2.49. The molecule has 1 aliphatic rings. The summed E-state index contributed by atoms with van der Waals surface area (Å²) in [6.07, 6.45) is 6.69. The Morgan fingerprint density at radius 1 is 1.40 bits per heavy atom. The molecule has 2 heteroatoms. The lowest BCUT2D eigenvalue weighted by molar-refractivity contribution is 0.212. The van der Waals surface area contributed by atoms with Crippen molar-refractivity contribution < 1.29 is 4.74 Å². The van der Waals surface area contributed by atoms with Crippen LogP contribution in [-0.2, 0) is 4.74 Å². The van der Waals surface area contributed by atoms with Crippen molar-refractivity contribution in [3.8, 4) is 0 Å². The Bertz CT molecular complexity index is 181. The molecule has 0 heterocycles. The van der Waals surface area contributed by atoms with Gasteiger partial charge in [0.15, 0.2) is 0 Å². The normalized spacial score (nSPS) is 31.2. The van der Waals surface area contributed by atoms with Gasteiger partial charge in [-0.05, 0) is 44.1 Å². The lowest BCUT2D eigenvalue weighted by atomic mass is 9.80. The van der Waals surface area contributed by atoms with Gasteiger partial charge in [-0.2, -0.15) is 0 Å². The van der Waals surface area contributed by atoms with Crippen molar-refractivity contribution >= 4 is 0 Å². The lowest BCUT2D eigenvalue weighted by Crippen LogP contribution is -2.39. The zero-order valence-corrected chi connectivity index (χ0v) is 10.2. The average Bonchev–Trinajstić information content (AvgIpc) is 2.20. The van der Waals surface area contributed by atoms with Gasteiger partial charge in [0.25, 0.3) is 0 Å². The predicted octanol–water partition coefficient (Wildman–Crippen LogP) is 2.95. The van der Waals surface area contributed by atoms with Crippen LogP contribution >= 0.6 is 0 Å². The Hall–Kier alpha value is -0.500. The van der Waals surface area contributed by atoms with Crippen molar-refractivity contribution in [3.63, 3.8) is 0 Å². The van der Waals surface area contributed by atoms with Crippen LogP contribution in [0.15, 0.2) is 12.8 Å². The van der Waals surface area contributed by atoms with Crippen molar-refractivity contribution in [1.82, 2.24) is 5.32 Å². The molecule has 0 aromatic rings. The van der Waals surface area contributed by atoms with Crippen molar-refractivity contribution in [2.45, 2.75) is 45.6 Å². The second-order valence-electron chi connectivity index (χ2n) is 4.85. The molecule has 0 saturated heterocycles. The minimum Gasteiger partial charge on any atom is -0.502 e. The zero-order chi connectivity index (χ0) is 11.1. The molecular weight excluding hydrogens is 186 g/mol.